The summed E-state index contributed by atoms with van der Waals surface area (Å²) in [5.74, 6) is 0. The number of carbonyl (C=O) groups is 2. The molecule has 0 atom stereocenters. The van der Waals surface area contributed by atoms with Gasteiger partial charge in [-0.3, -0.25) is 0 Å². The standard InChI is InChI=1S/C15H31N3O4.ClH/c1-4-6-8-16-14(19)21-12-10-18(3)11-13-22-15(20)17-9-7-5-2;/h4-13H2,1-3H3,(H,16,19)(H,17,20);1H. The van der Waals surface area contributed by atoms with E-state index in [9.17, 15) is 9.59 Å². The molecule has 0 aromatic heterocycles. The van der Waals surface area contributed by atoms with E-state index in [1.807, 2.05) is 7.05 Å². The predicted octanol–water partition coefficient (Wildman–Crippen LogP) is -2.44. The highest BCUT2D eigenvalue weighted by molar-refractivity contribution is 5.67. The molecular weight excluding hydrogens is 322 g/mol. The molecule has 0 heterocycles. The van der Waals surface area contributed by atoms with Crippen molar-refractivity contribution in [2.45, 2.75) is 39.5 Å². The molecule has 0 spiro atoms. The van der Waals surface area contributed by atoms with Crippen molar-refractivity contribution in [3.8, 4) is 0 Å². The third-order valence-electron chi connectivity index (χ3n) is 3.12. The van der Waals surface area contributed by atoms with Gasteiger partial charge in [0.05, 0.1) is 7.05 Å². The van der Waals surface area contributed by atoms with Crippen LogP contribution in [0.4, 0.5) is 9.59 Å². The van der Waals surface area contributed by atoms with Crippen LogP contribution < -0.4 is 27.9 Å². The minimum atomic E-state index is -0.368. The molecule has 0 unspecified atom stereocenters. The third-order valence-corrected chi connectivity index (χ3v) is 3.12. The summed E-state index contributed by atoms with van der Waals surface area (Å²) >= 11 is 0. The van der Waals surface area contributed by atoms with Crippen molar-refractivity contribution < 1.29 is 36.4 Å². The van der Waals surface area contributed by atoms with Crippen molar-refractivity contribution in [2.24, 2.45) is 0 Å². The van der Waals surface area contributed by atoms with E-state index in [4.69, 9.17) is 9.47 Å². The molecule has 7 nitrogen and oxygen atoms in total. The average molecular weight is 354 g/mol. The van der Waals surface area contributed by atoms with Crippen molar-refractivity contribution >= 4 is 12.2 Å². The summed E-state index contributed by atoms with van der Waals surface area (Å²) < 4.78 is 10.1. The van der Waals surface area contributed by atoms with Crippen LogP contribution in [0.1, 0.15) is 39.5 Å². The first-order valence-electron chi connectivity index (χ1n) is 8.22. The van der Waals surface area contributed by atoms with E-state index >= 15 is 0 Å². The molecule has 2 amide bonds. The Bertz CT molecular complexity index is 278. The molecule has 0 rings (SSSR count). The van der Waals surface area contributed by atoms with Gasteiger partial charge in [-0.25, -0.2) is 9.59 Å². The van der Waals surface area contributed by atoms with Crippen LogP contribution >= 0.6 is 0 Å². The van der Waals surface area contributed by atoms with Crippen LogP contribution in [0.2, 0.25) is 0 Å². The molecule has 0 aromatic rings. The Hall–Kier alpha value is -1.21. The fourth-order valence-corrected chi connectivity index (χ4v) is 1.60. The van der Waals surface area contributed by atoms with Gasteiger partial charge < -0.3 is 37.4 Å². The Labute approximate surface area is 145 Å². The van der Waals surface area contributed by atoms with Crippen LogP contribution in [-0.4, -0.2) is 58.6 Å². The summed E-state index contributed by atoms with van der Waals surface area (Å²) in [5.41, 5.74) is 0. The van der Waals surface area contributed by atoms with E-state index in [2.05, 4.69) is 24.5 Å². The fourth-order valence-electron chi connectivity index (χ4n) is 1.60. The second kappa shape index (κ2) is 17.1. The van der Waals surface area contributed by atoms with Crippen LogP contribution in [0.5, 0.6) is 0 Å². The quantitative estimate of drug-likeness (QED) is 0.340. The van der Waals surface area contributed by atoms with Crippen molar-refractivity contribution in [3.05, 3.63) is 0 Å². The topological polar surface area (TPSA) is 81.1 Å². The summed E-state index contributed by atoms with van der Waals surface area (Å²) in [4.78, 5) is 23.8. The highest BCUT2D eigenvalue weighted by Gasteiger charge is 2.07. The van der Waals surface area contributed by atoms with Crippen molar-refractivity contribution in [3.63, 3.8) is 0 Å². The fraction of sp³-hybridized carbons (Fsp3) is 0.867. The van der Waals surface area contributed by atoms with E-state index in [-0.39, 0.29) is 24.6 Å². The average Bonchev–Trinajstić information content (AvgIpc) is 2.48. The monoisotopic (exact) mass is 353 g/mol. The lowest BCUT2D eigenvalue weighted by Gasteiger charge is -2.14. The van der Waals surface area contributed by atoms with Crippen LogP contribution in [0.3, 0.4) is 0 Å². The Kier molecular flexibility index (Phi) is 17.9. The van der Waals surface area contributed by atoms with Gasteiger partial charge in [0.2, 0.25) is 0 Å². The minimum absolute atomic E-state index is 0. The SMILES string of the molecule is CCCCNC(=O)OCC[NH+](C)CCOC(=O)NCCCC.[Cl-]. The van der Waals surface area contributed by atoms with Gasteiger partial charge in [-0.1, -0.05) is 26.7 Å². The number of hydrogen-bond donors (Lipinski definition) is 3. The summed E-state index contributed by atoms with van der Waals surface area (Å²) in [6.45, 7) is 7.51. The Morgan fingerprint density at radius 2 is 1.26 bits per heavy atom. The molecule has 0 aliphatic rings. The second-order valence-electron chi connectivity index (χ2n) is 5.29. The number of amides is 2. The highest BCUT2D eigenvalue weighted by atomic mass is 35.5. The first-order valence-corrected chi connectivity index (χ1v) is 8.22. The van der Waals surface area contributed by atoms with Crippen molar-refractivity contribution in [2.75, 3.05) is 46.4 Å². The van der Waals surface area contributed by atoms with Gasteiger partial charge in [0.15, 0.2) is 0 Å². The molecule has 0 aromatic carbocycles. The number of ether oxygens (including phenoxy) is 2. The number of unbranched alkanes of at least 4 members (excludes halogenated alkanes) is 2. The predicted molar refractivity (Wildman–Crippen MR) is 85.1 cm³/mol. The molecule has 0 aliphatic carbocycles. The zero-order valence-electron chi connectivity index (χ0n) is 14.6. The van der Waals surface area contributed by atoms with Gasteiger partial charge in [-0.05, 0) is 12.8 Å². The molecule has 0 aliphatic heterocycles. The zero-order chi connectivity index (χ0) is 16.6. The Morgan fingerprint density at radius 3 is 1.61 bits per heavy atom. The van der Waals surface area contributed by atoms with Crippen LogP contribution in [0.25, 0.3) is 0 Å². The van der Waals surface area contributed by atoms with Gasteiger partial charge in [-0.15, -0.1) is 0 Å². The largest absolute Gasteiger partial charge is 1.00 e. The van der Waals surface area contributed by atoms with Crippen molar-refractivity contribution in [1.82, 2.24) is 10.6 Å². The Morgan fingerprint density at radius 1 is 0.870 bits per heavy atom. The maximum atomic E-state index is 11.3. The Balaban J connectivity index is 0. The van der Waals surface area contributed by atoms with Gasteiger partial charge >= 0.3 is 12.2 Å². The summed E-state index contributed by atoms with van der Waals surface area (Å²) in [5, 5.41) is 5.38. The van der Waals surface area contributed by atoms with Gasteiger partial charge in [0.25, 0.3) is 0 Å². The molecule has 0 bridgehead atoms. The number of carbonyl (C=O) groups excluding carboxylic acids is 2. The van der Waals surface area contributed by atoms with Gasteiger partial charge in [0.1, 0.15) is 26.3 Å². The van der Waals surface area contributed by atoms with E-state index in [0.717, 1.165) is 30.6 Å². The van der Waals surface area contributed by atoms with Crippen LogP contribution in [0.15, 0.2) is 0 Å². The van der Waals surface area contributed by atoms with Crippen LogP contribution in [0, 0.1) is 0 Å². The highest BCUT2D eigenvalue weighted by Crippen LogP contribution is 1.84. The molecule has 8 heteroatoms. The lowest BCUT2D eigenvalue weighted by atomic mass is 10.3. The van der Waals surface area contributed by atoms with E-state index in [0.29, 0.717) is 39.4 Å². The maximum absolute atomic E-state index is 11.3. The number of alkyl carbamates (subject to hydrolysis) is 2. The smallest absolute Gasteiger partial charge is 0.407 e. The molecular formula is C15H32ClN3O4. The number of halogens is 1. The lowest BCUT2D eigenvalue weighted by molar-refractivity contribution is -0.880. The lowest BCUT2D eigenvalue weighted by Crippen LogP contribution is -3.10. The maximum Gasteiger partial charge on any atom is 0.407 e. The molecule has 23 heavy (non-hydrogen) atoms. The first-order chi connectivity index (χ1) is 10.6. The molecule has 0 saturated heterocycles. The number of nitrogens with one attached hydrogen (secondary N) is 3. The van der Waals surface area contributed by atoms with Crippen LogP contribution in [-0.2, 0) is 9.47 Å². The van der Waals surface area contributed by atoms with E-state index < -0.39 is 0 Å². The zero-order valence-corrected chi connectivity index (χ0v) is 15.3. The van der Waals surface area contributed by atoms with Gasteiger partial charge in [-0.2, -0.15) is 0 Å². The minimum Gasteiger partial charge on any atom is -1.00 e. The molecule has 0 radical (unpaired) electrons. The van der Waals surface area contributed by atoms with E-state index in [1.165, 1.54) is 0 Å². The molecule has 138 valence electrons. The molecule has 0 fully saturated rings. The summed E-state index contributed by atoms with van der Waals surface area (Å²) in [7, 11) is 1.97. The second-order valence-corrected chi connectivity index (χ2v) is 5.29. The molecule has 0 saturated carbocycles. The number of quaternary nitrogens is 1. The van der Waals surface area contributed by atoms with Crippen molar-refractivity contribution in [1.29, 1.82) is 0 Å². The van der Waals surface area contributed by atoms with Gasteiger partial charge in [0, 0.05) is 13.1 Å². The number of rotatable bonds is 12. The third kappa shape index (κ3) is 17.0. The number of likely N-dealkylation sites (N-methyl/N-ethyl adjacent to an activating group) is 1. The molecule has 3 N–H and O–H groups in total. The number of hydrogen-bond acceptors (Lipinski definition) is 4. The summed E-state index contributed by atoms with van der Waals surface area (Å²) in [6.07, 6.45) is 3.26. The summed E-state index contributed by atoms with van der Waals surface area (Å²) in [6, 6.07) is 0. The normalized spacial score (nSPS) is 9.91. The first kappa shape index (κ1) is 24.0. The van der Waals surface area contributed by atoms with E-state index in [1.54, 1.807) is 0 Å².